The SMILES string of the molecule is CCC(NCCCCOC(C)C)c1cccc([N+](=O)[O-])c1. The molecule has 5 nitrogen and oxygen atoms in total. The van der Waals surface area contributed by atoms with E-state index in [1.807, 2.05) is 19.9 Å². The van der Waals surface area contributed by atoms with Crippen LogP contribution in [0.5, 0.6) is 0 Å². The maximum absolute atomic E-state index is 10.8. The van der Waals surface area contributed by atoms with E-state index in [0.29, 0.717) is 0 Å². The Morgan fingerprint density at radius 2 is 2.10 bits per heavy atom. The van der Waals surface area contributed by atoms with Crippen molar-refractivity contribution in [2.24, 2.45) is 0 Å². The molecule has 1 rings (SSSR count). The molecule has 5 heteroatoms. The lowest BCUT2D eigenvalue weighted by atomic mass is 10.0. The monoisotopic (exact) mass is 294 g/mol. The third-order valence-corrected chi connectivity index (χ3v) is 3.30. The number of ether oxygens (including phenoxy) is 1. The van der Waals surface area contributed by atoms with Crippen molar-refractivity contribution in [2.45, 2.75) is 52.2 Å². The molecule has 1 unspecified atom stereocenters. The third-order valence-electron chi connectivity index (χ3n) is 3.30. The van der Waals surface area contributed by atoms with Crippen LogP contribution in [0.2, 0.25) is 0 Å². The standard InChI is InChI=1S/C16H26N2O3/c1-4-16(17-10-5-6-11-21-13(2)3)14-8-7-9-15(12-14)18(19)20/h7-9,12-13,16-17H,4-6,10-11H2,1-3H3. The van der Waals surface area contributed by atoms with Crippen LogP contribution in [-0.4, -0.2) is 24.2 Å². The topological polar surface area (TPSA) is 64.4 Å². The molecule has 1 aromatic carbocycles. The molecule has 0 bridgehead atoms. The van der Waals surface area contributed by atoms with Gasteiger partial charge < -0.3 is 10.1 Å². The van der Waals surface area contributed by atoms with Crippen LogP contribution in [0.1, 0.15) is 51.6 Å². The lowest BCUT2D eigenvalue weighted by molar-refractivity contribution is -0.384. The van der Waals surface area contributed by atoms with Gasteiger partial charge in [-0.05, 0) is 45.2 Å². The molecule has 0 aliphatic heterocycles. The molecule has 0 aliphatic carbocycles. The molecule has 0 amide bonds. The van der Waals surface area contributed by atoms with Crippen molar-refractivity contribution in [3.8, 4) is 0 Å². The average molecular weight is 294 g/mol. The van der Waals surface area contributed by atoms with Gasteiger partial charge in [0.1, 0.15) is 0 Å². The minimum Gasteiger partial charge on any atom is -0.379 e. The van der Waals surface area contributed by atoms with Crippen LogP contribution >= 0.6 is 0 Å². The predicted octanol–water partition coefficient (Wildman–Crippen LogP) is 3.84. The number of hydrogen-bond donors (Lipinski definition) is 1. The number of nitro groups is 1. The van der Waals surface area contributed by atoms with Gasteiger partial charge in [-0.25, -0.2) is 0 Å². The zero-order chi connectivity index (χ0) is 15.7. The summed E-state index contributed by atoms with van der Waals surface area (Å²) in [5, 5.41) is 14.3. The van der Waals surface area contributed by atoms with Gasteiger partial charge in [0.15, 0.2) is 0 Å². The molecule has 1 atom stereocenters. The van der Waals surface area contributed by atoms with Crippen molar-refractivity contribution in [2.75, 3.05) is 13.2 Å². The molecule has 1 N–H and O–H groups in total. The quantitative estimate of drug-likeness (QED) is 0.404. The van der Waals surface area contributed by atoms with Gasteiger partial charge in [0.05, 0.1) is 11.0 Å². The average Bonchev–Trinajstić information content (AvgIpc) is 2.46. The Hall–Kier alpha value is -1.46. The number of nitro benzene ring substituents is 1. The molecule has 0 saturated carbocycles. The Kier molecular flexibility index (Phi) is 7.93. The number of unbranched alkanes of at least 4 members (excludes halogenated alkanes) is 1. The van der Waals surface area contributed by atoms with E-state index in [4.69, 9.17) is 4.74 Å². The number of nitrogens with one attached hydrogen (secondary N) is 1. The van der Waals surface area contributed by atoms with E-state index in [0.717, 1.165) is 38.0 Å². The number of benzene rings is 1. The van der Waals surface area contributed by atoms with E-state index >= 15 is 0 Å². The van der Waals surface area contributed by atoms with E-state index < -0.39 is 0 Å². The van der Waals surface area contributed by atoms with Gasteiger partial charge in [0.25, 0.3) is 5.69 Å². The molecular weight excluding hydrogens is 268 g/mol. The Morgan fingerprint density at radius 3 is 2.71 bits per heavy atom. The first-order valence-electron chi connectivity index (χ1n) is 7.64. The fourth-order valence-electron chi connectivity index (χ4n) is 2.18. The van der Waals surface area contributed by atoms with Crippen LogP contribution in [0.25, 0.3) is 0 Å². The number of rotatable bonds is 10. The molecule has 0 aliphatic rings. The van der Waals surface area contributed by atoms with Crippen molar-refractivity contribution in [3.63, 3.8) is 0 Å². The summed E-state index contributed by atoms with van der Waals surface area (Å²) in [6, 6.07) is 7.03. The molecule has 1 aromatic rings. The fraction of sp³-hybridized carbons (Fsp3) is 0.625. The summed E-state index contributed by atoms with van der Waals surface area (Å²) < 4.78 is 5.50. The molecule has 21 heavy (non-hydrogen) atoms. The summed E-state index contributed by atoms with van der Waals surface area (Å²) >= 11 is 0. The third kappa shape index (κ3) is 6.69. The van der Waals surface area contributed by atoms with Crippen molar-refractivity contribution in [1.82, 2.24) is 5.32 Å². The minimum atomic E-state index is -0.348. The summed E-state index contributed by atoms with van der Waals surface area (Å²) in [6.45, 7) is 7.83. The molecule has 0 spiro atoms. The van der Waals surface area contributed by atoms with Gasteiger partial charge in [-0.1, -0.05) is 19.1 Å². The smallest absolute Gasteiger partial charge is 0.269 e. The molecule has 0 radical (unpaired) electrons. The maximum atomic E-state index is 10.8. The second-order valence-corrected chi connectivity index (χ2v) is 5.39. The van der Waals surface area contributed by atoms with Crippen molar-refractivity contribution >= 4 is 5.69 Å². The lowest BCUT2D eigenvalue weighted by Gasteiger charge is -2.17. The zero-order valence-corrected chi connectivity index (χ0v) is 13.2. The predicted molar refractivity (Wildman–Crippen MR) is 84.5 cm³/mol. The first-order valence-corrected chi connectivity index (χ1v) is 7.64. The summed E-state index contributed by atoms with van der Waals surface area (Å²) in [4.78, 5) is 10.5. The van der Waals surface area contributed by atoms with E-state index in [1.165, 1.54) is 6.07 Å². The molecule has 0 saturated heterocycles. The summed E-state index contributed by atoms with van der Waals surface area (Å²) in [5.74, 6) is 0. The molecular formula is C16H26N2O3. The Balaban J connectivity index is 2.41. The zero-order valence-electron chi connectivity index (χ0n) is 13.2. The van der Waals surface area contributed by atoms with Crippen LogP contribution < -0.4 is 5.32 Å². The molecule has 0 aromatic heterocycles. The highest BCUT2D eigenvalue weighted by Gasteiger charge is 2.12. The second-order valence-electron chi connectivity index (χ2n) is 5.39. The highest BCUT2D eigenvalue weighted by atomic mass is 16.6. The van der Waals surface area contributed by atoms with Crippen molar-refractivity contribution in [3.05, 3.63) is 39.9 Å². The number of non-ortho nitro benzene ring substituents is 1. The largest absolute Gasteiger partial charge is 0.379 e. The first kappa shape index (κ1) is 17.6. The van der Waals surface area contributed by atoms with Crippen molar-refractivity contribution in [1.29, 1.82) is 0 Å². The van der Waals surface area contributed by atoms with Gasteiger partial charge in [0.2, 0.25) is 0 Å². The van der Waals surface area contributed by atoms with Gasteiger partial charge in [-0.2, -0.15) is 0 Å². The van der Waals surface area contributed by atoms with Crippen LogP contribution in [0.15, 0.2) is 24.3 Å². The normalized spacial score (nSPS) is 12.6. The van der Waals surface area contributed by atoms with Crippen LogP contribution in [0, 0.1) is 10.1 Å². The van der Waals surface area contributed by atoms with Crippen LogP contribution in [0.3, 0.4) is 0 Å². The summed E-state index contributed by atoms with van der Waals surface area (Å²) in [5.41, 5.74) is 1.13. The van der Waals surface area contributed by atoms with Gasteiger partial charge in [-0.3, -0.25) is 10.1 Å². The van der Waals surface area contributed by atoms with Gasteiger partial charge in [-0.15, -0.1) is 0 Å². The minimum absolute atomic E-state index is 0.151. The Bertz CT molecular complexity index is 435. The fourth-order valence-corrected chi connectivity index (χ4v) is 2.18. The summed E-state index contributed by atoms with van der Waals surface area (Å²) in [7, 11) is 0. The Labute approximate surface area is 126 Å². The number of hydrogen-bond acceptors (Lipinski definition) is 4. The van der Waals surface area contributed by atoms with Crippen LogP contribution in [-0.2, 0) is 4.74 Å². The van der Waals surface area contributed by atoms with Crippen molar-refractivity contribution < 1.29 is 9.66 Å². The molecule has 0 heterocycles. The second kappa shape index (κ2) is 9.47. The van der Waals surface area contributed by atoms with E-state index in [2.05, 4.69) is 12.2 Å². The van der Waals surface area contributed by atoms with Crippen LogP contribution in [0.4, 0.5) is 5.69 Å². The summed E-state index contributed by atoms with van der Waals surface area (Å²) in [6.07, 6.45) is 3.25. The Morgan fingerprint density at radius 1 is 1.33 bits per heavy atom. The molecule has 0 fully saturated rings. The molecule has 118 valence electrons. The van der Waals surface area contributed by atoms with Gasteiger partial charge >= 0.3 is 0 Å². The number of nitrogens with zero attached hydrogens (tertiary/aromatic N) is 1. The highest BCUT2D eigenvalue weighted by molar-refractivity contribution is 5.35. The van der Waals surface area contributed by atoms with Gasteiger partial charge in [0, 0.05) is 24.8 Å². The first-order chi connectivity index (χ1) is 10.0. The maximum Gasteiger partial charge on any atom is 0.269 e. The lowest BCUT2D eigenvalue weighted by Crippen LogP contribution is -2.22. The highest BCUT2D eigenvalue weighted by Crippen LogP contribution is 2.21. The van der Waals surface area contributed by atoms with E-state index in [1.54, 1.807) is 12.1 Å². The van der Waals surface area contributed by atoms with E-state index in [9.17, 15) is 10.1 Å². The van der Waals surface area contributed by atoms with E-state index in [-0.39, 0.29) is 22.8 Å².